The summed E-state index contributed by atoms with van der Waals surface area (Å²) in [6.07, 6.45) is 1.61. The summed E-state index contributed by atoms with van der Waals surface area (Å²) in [5.41, 5.74) is 0.767. The number of benzene rings is 1. The van der Waals surface area contributed by atoms with Gasteiger partial charge in [-0.05, 0) is 43.1 Å². The summed E-state index contributed by atoms with van der Waals surface area (Å²) < 4.78 is 18.5. The normalized spacial score (nSPS) is 18.1. The van der Waals surface area contributed by atoms with Gasteiger partial charge in [-0.1, -0.05) is 6.07 Å². The van der Waals surface area contributed by atoms with Crippen molar-refractivity contribution in [2.75, 3.05) is 27.2 Å². The summed E-state index contributed by atoms with van der Waals surface area (Å²) in [7, 11) is 3.19. The van der Waals surface area contributed by atoms with Crippen LogP contribution in [0.2, 0.25) is 0 Å². The van der Waals surface area contributed by atoms with E-state index in [4.69, 9.17) is 4.74 Å². The Hall–Kier alpha value is -1.62. The topological polar surface area (TPSA) is 41.6 Å². The second-order valence-electron chi connectivity index (χ2n) is 5.28. The lowest BCUT2D eigenvalue weighted by Crippen LogP contribution is -2.28. The second kappa shape index (κ2) is 6.70. The lowest BCUT2D eigenvalue weighted by molar-refractivity contribution is -0.131. The van der Waals surface area contributed by atoms with Crippen LogP contribution in [0.25, 0.3) is 0 Å². The minimum Gasteiger partial charge on any atom is -0.494 e. The molecule has 1 aromatic carbocycles. The molecule has 4 nitrogen and oxygen atoms in total. The molecule has 110 valence electrons. The standard InChI is InChI=1S/C15H21FN2O2/c1-18(15(19)8-11-5-6-17-9-11)10-12-3-4-14(20-2)13(16)7-12/h3-4,7,11,17H,5-6,8-10H2,1-2H3. The number of hydrogen-bond donors (Lipinski definition) is 1. The van der Waals surface area contributed by atoms with E-state index < -0.39 is 5.82 Å². The molecule has 1 heterocycles. The third-order valence-electron chi connectivity index (χ3n) is 3.69. The van der Waals surface area contributed by atoms with E-state index in [0.717, 1.165) is 25.1 Å². The monoisotopic (exact) mass is 280 g/mol. The Bertz CT molecular complexity index is 473. The van der Waals surface area contributed by atoms with E-state index in [1.165, 1.54) is 13.2 Å². The Morgan fingerprint density at radius 2 is 2.35 bits per heavy atom. The van der Waals surface area contributed by atoms with E-state index in [-0.39, 0.29) is 11.7 Å². The highest BCUT2D eigenvalue weighted by Gasteiger charge is 2.20. The third kappa shape index (κ3) is 3.70. The molecular formula is C15H21FN2O2. The number of carbonyl (C=O) groups is 1. The lowest BCUT2D eigenvalue weighted by atomic mass is 10.0. The van der Waals surface area contributed by atoms with Crippen molar-refractivity contribution in [2.45, 2.75) is 19.4 Å². The van der Waals surface area contributed by atoms with Gasteiger partial charge >= 0.3 is 0 Å². The van der Waals surface area contributed by atoms with Crippen LogP contribution in [0.1, 0.15) is 18.4 Å². The molecule has 5 heteroatoms. The van der Waals surface area contributed by atoms with Gasteiger partial charge in [0, 0.05) is 20.0 Å². The van der Waals surface area contributed by atoms with Crippen LogP contribution >= 0.6 is 0 Å². The van der Waals surface area contributed by atoms with Gasteiger partial charge in [0.2, 0.25) is 5.91 Å². The Morgan fingerprint density at radius 1 is 1.55 bits per heavy atom. The molecule has 1 saturated heterocycles. The number of nitrogens with one attached hydrogen (secondary N) is 1. The zero-order valence-corrected chi connectivity index (χ0v) is 12.0. The molecule has 1 fully saturated rings. The van der Waals surface area contributed by atoms with Gasteiger partial charge in [-0.15, -0.1) is 0 Å². The molecule has 0 saturated carbocycles. The molecule has 1 aliphatic rings. The van der Waals surface area contributed by atoms with Gasteiger partial charge in [0.25, 0.3) is 0 Å². The van der Waals surface area contributed by atoms with Crippen LogP contribution in [0.15, 0.2) is 18.2 Å². The smallest absolute Gasteiger partial charge is 0.222 e. The van der Waals surface area contributed by atoms with Crippen LogP contribution in [0.3, 0.4) is 0 Å². The molecule has 0 aliphatic carbocycles. The molecular weight excluding hydrogens is 259 g/mol. The predicted molar refractivity (Wildman–Crippen MR) is 75.0 cm³/mol. The van der Waals surface area contributed by atoms with Crippen molar-refractivity contribution < 1.29 is 13.9 Å². The van der Waals surface area contributed by atoms with E-state index in [2.05, 4.69) is 5.32 Å². The van der Waals surface area contributed by atoms with Crippen molar-refractivity contribution in [1.82, 2.24) is 10.2 Å². The van der Waals surface area contributed by atoms with E-state index >= 15 is 0 Å². The number of carbonyl (C=O) groups excluding carboxylic acids is 1. The zero-order chi connectivity index (χ0) is 14.5. The fraction of sp³-hybridized carbons (Fsp3) is 0.533. The van der Waals surface area contributed by atoms with E-state index in [1.54, 1.807) is 24.1 Å². The number of halogens is 1. The summed E-state index contributed by atoms with van der Waals surface area (Å²) in [5, 5.41) is 3.25. The van der Waals surface area contributed by atoms with Crippen LogP contribution in [0, 0.1) is 11.7 Å². The molecule has 0 radical (unpaired) electrons. The molecule has 1 amide bonds. The molecule has 0 aromatic heterocycles. The maximum absolute atomic E-state index is 13.6. The first kappa shape index (κ1) is 14.8. The first-order chi connectivity index (χ1) is 9.60. The molecule has 1 atom stereocenters. The van der Waals surface area contributed by atoms with Crippen molar-refractivity contribution in [2.24, 2.45) is 5.92 Å². The molecule has 1 aromatic rings. The average Bonchev–Trinajstić information content (AvgIpc) is 2.91. The Kier molecular flexibility index (Phi) is 4.95. The predicted octanol–water partition coefficient (Wildman–Crippen LogP) is 1.79. The van der Waals surface area contributed by atoms with Gasteiger partial charge in [0.15, 0.2) is 11.6 Å². The van der Waals surface area contributed by atoms with E-state index in [1.807, 2.05) is 0 Å². The summed E-state index contributed by atoms with van der Waals surface area (Å²) in [4.78, 5) is 13.7. The molecule has 1 N–H and O–H groups in total. The van der Waals surface area contributed by atoms with Crippen LogP contribution in [0.4, 0.5) is 4.39 Å². The molecule has 0 spiro atoms. The van der Waals surface area contributed by atoms with Gasteiger partial charge < -0.3 is 15.0 Å². The van der Waals surface area contributed by atoms with Gasteiger partial charge in [-0.25, -0.2) is 4.39 Å². The number of nitrogens with zero attached hydrogens (tertiary/aromatic N) is 1. The van der Waals surface area contributed by atoms with Crippen molar-refractivity contribution in [3.05, 3.63) is 29.6 Å². The van der Waals surface area contributed by atoms with Crippen LogP contribution in [-0.2, 0) is 11.3 Å². The van der Waals surface area contributed by atoms with Gasteiger partial charge in [0.1, 0.15) is 0 Å². The first-order valence-corrected chi connectivity index (χ1v) is 6.87. The number of ether oxygens (including phenoxy) is 1. The van der Waals surface area contributed by atoms with Crippen LogP contribution in [-0.4, -0.2) is 38.1 Å². The number of methoxy groups -OCH3 is 1. The summed E-state index contributed by atoms with van der Waals surface area (Å²) in [5.74, 6) is 0.359. The summed E-state index contributed by atoms with van der Waals surface area (Å²) >= 11 is 0. The van der Waals surface area contributed by atoms with Crippen LogP contribution < -0.4 is 10.1 Å². The van der Waals surface area contributed by atoms with E-state index in [0.29, 0.717) is 18.9 Å². The summed E-state index contributed by atoms with van der Waals surface area (Å²) in [6, 6.07) is 4.78. The van der Waals surface area contributed by atoms with Gasteiger partial charge in [-0.2, -0.15) is 0 Å². The number of hydrogen-bond acceptors (Lipinski definition) is 3. The quantitative estimate of drug-likeness (QED) is 0.894. The average molecular weight is 280 g/mol. The highest BCUT2D eigenvalue weighted by Crippen LogP contribution is 2.19. The first-order valence-electron chi connectivity index (χ1n) is 6.87. The molecule has 1 unspecified atom stereocenters. The van der Waals surface area contributed by atoms with Gasteiger partial charge in [0.05, 0.1) is 7.11 Å². The number of amides is 1. The molecule has 2 rings (SSSR count). The van der Waals surface area contributed by atoms with Crippen molar-refractivity contribution in [3.63, 3.8) is 0 Å². The highest BCUT2D eigenvalue weighted by molar-refractivity contribution is 5.76. The van der Waals surface area contributed by atoms with Crippen molar-refractivity contribution in [1.29, 1.82) is 0 Å². The number of rotatable bonds is 5. The molecule has 20 heavy (non-hydrogen) atoms. The van der Waals surface area contributed by atoms with Gasteiger partial charge in [-0.3, -0.25) is 4.79 Å². The maximum atomic E-state index is 13.6. The maximum Gasteiger partial charge on any atom is 0.222 e. The Morgan fingerprint density at radius 3 is 2.95 bits per heavy atom. The van der Waals surface area contributed by atoms with Crippen molar-refractivity contribution in [3.8, 4) is 5.75 Å². The molecule has 1 aliphatic heterocycles. The highest BCUT2D eigenvalue weighted by atomic mass is 19.1. The SMILES string of the molecule is COc1ccc(CN(C)C(=O)CC2CCNC2)cc1F. The Balaban J connectivity index is 1.91. The minimum absolute atomic E-state index is 0.106. The van der Waals surface area contributed by atoms with Crippen molar-refractivity contribution >= 4 is 5.91 Å². The largest absolute Gasteiger partial charge is 0.494 e. The summed E-state index contributed by atoms with van der Waals surface area (Å²) in [6.45, 7) is 2.32. The second-order valence-corrected chi connectivity index (χ2v) is 5.28. The minimum atomic E-state index is -0.397. The van der Waals surface area contributed by atoms with Crippen LogP contribution in [0.5, 0.6) is 5.75 Å². The lowest BCUT2D eigenvalue weighted by Gasteiger charge is -2.19. The molecule has 0 bridgehead atoms. The van der Waals surface area contributed by atoms with E-state index in [9.17, 15) is 9.18 Å². The zero-order valence-electron chi connectivity index (χ0n) is 12.0. The Labute approximate surface area is 118 Å². The fourth-order valence-corrected chi connectivity index (χ4v) is 2.46. The fourth-order valence-electron chi connectivity index (χ4n) is 2.46. The third-order valence-corrected chi connectivity index (χ3v) is 3.69.